The fourth-order valence-electron chi connectivity index (χ4n) is 2.43. The number of imide groups is 1. The van der Waals surface area contributed by atoms with E-state index in [1.165, 1.54) is 4.90 Å². The number of aromatic nitrogens is 1. The number of carbonyl (C=O) groups is 2. The number of carbonyl (C=O) groups excluding carboxylic acids is 2. The van der Waals surface area contributed by atoms with Crippen molar-refractivity contribution in [3.05, 3.63) is 22.4 Å². The Labute approximate surface area is 121 Å². The van der Waals surface area contributed by atoms with Gasteiger partial charge in [0.15, 0.2) is 0 Å². The molecule has 1 aliphatic heterocycles. The lowest BCUT2D eigenvalue weighted by molar-refractivity contribution is -0.125. The Hall–Kier alpha value is -1.10. The Kier molecular flexibility index (Phi) is 4.13. The Morgan fingerprint density at radius 1 is 1.53 bits per heavy atom. The summed E-state index contributed by atoms with van der Waals surface area (Å²) in [6, 6.07) is 1.97. The highest BCUT2D eigenvalue weighted by atomic mass is 79.9. The van der Waals surface area contributed by atoms with Crippen molar-refractivity contribution in [3.8, 4) is 0 Å². The summed E-state index contributed by atoms with van der Waals surface area (Å²) in [4.78, 5) is 25.8. The van der Waals surface area contributed by atoms with Crippen LogP contribution in [0.4, 0.5) is 0 Å². The van der Waals surface area contributed by atoms with Crippen LogP contribution in [-0.4, -0.2) is 27.8 Å². The van der Waals surface area contributed by atoms with Crippen molar-refractivity contribution >= 4 is 27.7 Å². The van der Waals surface area contributed by atoms with Gasteiger partial charge in [0.1, 0.15) is 5.69 Å². The summed E-state index contributed by atoms with van der Waals surface area (Å²) >= 11 is 3.39. The van der Waals surface area contributed by atoms with Gasteiger partial charge in [-0.25, -0.2) is 0 Å². The van der Waals surface area contributed by atoms with Gasteiger partial charge in [-0.15, -0.1) is 0 Å². The van der Waals surface area contributed by atoms with Gasteiger partial charge in [-0.2, -0.15) is 0 Å². The third-order valence-electron chi connectivity index (χ3n) is 3.62. The van der Waals surface area contributed by atoms with Crippen LogP contribution in [0.15, 0.2) is 16.7 Å². The molecule has 4 nitrogen and oxygen atoms in total. The average molecular weight is 327 g/mol. The van der Waals surface area contributed by atoms with Gasteiger partial charge in [-0.05, 0) is 41.8 Å². The second-order valence-electron chi connectivity index (χ2n) is 5.33. The lowest BCUT2D eigenvalue weighted by Crippen LogP contribution is -2.34. The van der Waals surface area contributed by atoms with Crippen LogP contribution in [0.5, 0.6) is 0 Å². The van der Waals surface area contributed by atoms with Crippen molar-refractivity contribution in [1.29, 1.82) is 0 Å². The summed E-state index contributed by atoms with van der Waals surface area (Å²) in [5, 5.41) is 0. The van der Waals surface area contributed by atoms with Gasteiger partial charge in [-0.1, -0.05) is 13.3 Å². The van der Waals surface area contributed by atoms with E-state index in [4.69, 9.17) is 0 Å². The van der Waals surface area contributed by atoms with Gasteiger partial charge in [0.2, 0.25) is 5.91 Å². The van der Waals surface area contributed by atoms with Gasteiger partial charge >= 0.3 is 0 Å². The molecule has 1 atom stereocenters. The zero-order valence-corrected chi connectivity index (χ0v) is 13.1. The van der Waals surface area contributed by atoms with Gasteiger partial charge in [0.25, 0.3) is 5.91 Å². The van der Waals surface area contributed by atoms with Crippen LogP contribution in [-0.2, 0) is 4.79 Å². The highest BCUT2D eigenvalue weighted by molar-refractivity contribution is 9.10. The molecule has 2 amide bonds. The number of amides is 2. The number of hydrogen-bond donors (Lipinski definition) is 0. The van der Waals surface area contributed by atoms with Gasteiger partial charge in [0.05, 0.1) is 0 Å². The van der Waals surface area contributed by atoms with E-state index in [1.807, 2.05) is 24.6 Å². The molecule has 0 saturated carbocycles. The molecular weight excluding hydrogens is 308 g/mol. The van der Waals surface area contributed by atoms with Gasteiger partial charge in [-0.3, -0.25) is 14.5 Å². The summed E-state index contributed by atoms with van der Waals surface area (Å²) in [5.41, 5.74) is 0.576. The topological polar surface area (TPSA) is 42.3 Å². The summed E-state index contributed by atoms with van der Waals surface area (Å²) in [6.07, 6.45) is 3.31. The van der Waals surface area contributed by atoms with Crippen LogP contribution in [0, 0.1) is 5.92 Å². The highest BCUT2D eigenvalue weighted by Crippen LogP contribution is 2.25. The molecule has 0 aromatic carbocycles. The minimum atomic E-state index is -0.180. The largest absolute Gasteiger partial charge is 0.340 e. The molecule has 1 fully saturated rings. The van der Waals surface area contributed by atoms with E-state index in [0.29, 0.717) is 24.6 Å². The summed E-state index contributed by atoms with van der Waals surface area (Å²) in [7, 11) is 0. The predicted octanol–water partition coefficient (Wildman–Crippen LogP) is 3.23. The first-order chi connectivity index (χ1) is 8.93. The lowest BCUT2D eigenvalue weighted by Gasteiger charge is -2.18. The van der Waals surface area contributed by atoms with Crippen molar-refractivity contribution in [3.63, 3.8) is 0 Å². The highest BCUT2D eigenvalue weighted by Gasteiger charge is 2.34. The average Bonchev–Trinajstić information content (AvgIpc) is 2.91. The summed E-state index contributed by atoms with van der Waals surface area (Å²) in [5.74, 6) is 0.0761. The van der Waals surface area contributed by atoms with Crippen LogP contribution in [0.2, 0.25) is 0 Å². The number of nitrogens with zero attached hydrogens (tertiary/aromatic N) is 2. The molecule has 1 unspecified atom stereocenters. The normalized spacial score (nSPS) is 19.5. The number of hydrogen-bond acceptors (Lipinski definition) is 2. The van der Waals surface area contributed by atoms with Crippen molar-refractivity contribution < 1.29 is 9.59 Å². The molecule has 1 aromatic heterocycles. The van der Waals surface area contributed by atoms with E-state index in [1.54, 1.807) is 6.07 Å². The molecule has 19 heavy (non-hydrogen) atoms. The van der Waals surface area contributed by atoms with Crippen LogP contribution >= 0.6 is 15.9 Å². The van der Waals surface area contributed by atoms with E-state index < -0.39 is 0 Å². The van der Waals surface area contributed by atoms with Crippen LogP contribution in [0.3, 0.4) is 0 Å². The molecule has 0 radical (unpaired) electrons. The predicted molar refractivity (Wildman–Crippen MR) is 77.0 cm³/mol. The van der Waals surface area contributed by atoms with Crippen molar-refractivity contribution in [2.45, 2.75) is 39.7 Å². The van der Waals surface area contributed by atoms with Gasteiger partial charge < -0.3 is 4.57 Å². The molecule has 1 aliphatic rings. The maximum absolute atomic E-state index is 12.5. The molecule has 0 N–H and O–H groups in total. The molecule has 1 saturated heterocycles. The molecule has 0 aliphatic carbocycles. The maximum Gasteiger partial charge on any atom is 0.277 e. The summed E-state index contributed by atoms with van der Waals surface area (Å²) < 4.78 is 2.77. The quantitative estimate of drug-likeness (QED) is 0.800. The van der Waals surface area contributed by atoms with Crippen molar-refractivity contribution in [2.24, 2.45) is 5.92 Å². The molecule has 104 valence electrons. The first kappa shape index (κ1) is 14.3. The molecule has 5 heteroatoms. The standard InChI is InChI=1S/C14H19BrN2O2/c1-4-10-5-13(18)17(7-10)14(19)12-6-11(15)8-16(12)9(2)3/h6,8-10H,4-5,7H2,1-3H3. The van der Waals surface area contributed by atoms with E-state index in [0.717, 1.165) is 10.9 Å². The van der Waals surface area contributed by atoms with E-state index >= 15 is 0 Å². The molecular formula is C14H19BrN2O2. The monoisotopic (exact) mass is 326 g/mol. The second-order valence-corrected chi connectivity index (χ2v) is 6.25. The van der Waals surface area contributed by atoms with Gasteiger partial charge in [0, 0.05) is 29.7 Å². The van der Waals surface area contributed by atoms with E-state index in [9.17, 15) is 9.59 Å². The van der Waals surface area contributed by atoms with E-state index in [2.05, 4.69) is 22.9 Å². The molecule has 0 bridgehead atoms. The zero-order chi connectivity index (χ0) is 14.2. The molecule has 2 heterocycles. The first-order valence-electron chi connectivity index (χ1n) is 6.66. The maximum atomic E-state index is 12.5. The molecule has 0 spiro atoms. The summed E-state index contributed by atoms with van der Waals surface area (Å²) in [6.45, 7) is 6.64. The van der Waals surface area contributed by atoms with Crippen LogP contribution in [0.25, 0.3) is 0 Å². The molecule has 2 rings (SSSR count). The number of likely N-dealkylation sites (tertiary alicyclic amines) is 1. The number of halogens is 1. The minimum absolute atomic E-state index is 0.0514. The molecule has 1 aromatic rings. The smallest absolute Gasteiger partial charge is 0.277 e. The fraction of sp³-hybridized carbons (Fsp3) is 0.571. The van der Waals surface area contributed by atoms with Crippen LogP contribution < -0.4 is 0 Å². The Bertz CT molecular complexity index is 508. The minimum Gasteiger partial charge on any atom is -0.340 e. The Morgan fingerprint density at radius 3 is 2.74 bits per heavy atom. The van der Waals surface area contributed by atoms with Crippen LogP contribution in [0.1, 0.15) is 50.1 Å². The third kappa shape index (κ3) is 2.76. The fourth-order valence-corrected chi connectivity index (χ4v) is 2.87. The van der Waals surface area contributed by atoms with Crippen molar-refractivity contribution in [2.75, 3.05) is 6.54 Å². The lowest BCUT2D eigenvalue weighted by atomic mass is 10.1. The second kappa shape index (κ2) is 5.49. The Morgan fingerprint density at radius 2 is 2.21 bits per heavy atom. The number of rotatable bonds is 3. The van der Waals surface area contributed by atoms with Crippen molar-refractivity contribution in [1.82, 2.24) is 9.47 Å². The SMILES string of the molecule is CCC1CC(=O)N(C(=O)c2cc(Br)cn2C(C)C)C1. The first-order valence-corrected chi connectivity index (χ1v) is 7.45. The third-order valence-corrected chi connectivity index (χ3v) is 4.05. The zero-order valence-electron chi connectivity index (χ0n) is 11.5. The Balaban J connectivity index is 2.27. The van der Waals surface area contributed by atoms with E-state index in [-0.39, 0.29) is 17.9 Å².